The molecule has 1 N–H and O–H groups in total. The summed E-state index contributed by atoms with van der Waals surface area (Å²) in [7, 11) is 0. The van der Waals surface area contributed by atoms with Crippen LogP contribution in [0.15, 0.2) is 88.8 Å². The molecule has 0 aliphatic rings. The van der Waals surface area contributed by atoms with Gasteiger partial charge in [0.05, 0.1) is 29.2 Å². The van der Waals surface area contributed by atoms with Gasteiger partial charge in [-0.15, -0.1) is 0 Å². The molecule has 162 valence electrons. The van der Waals surface area contributed by atoms with Crippen LogP contribution in [0.1, 0.15) is 24.1 Å². The molecule has 0 spiro atoms. The zero-order valence-corrected chi connectivity index (χ0v) is 18.3. The van der Waals surface area contributed by atoms with Crippen LogP contribution in [0.2, 0.25) is 0 Å². The van der Waals surface area contributed by atoms with Gasteiger partial charge in [-0.2, -0.15) is 0 Å². The molecular formula is C25H22FN3O2S. The highest BCUT2D eigenvalue weighted by Gasteiger charge is 2.15. The summed E-state index contributed by atoms with van der Waals surface area (Å²) in [5.74, 6) is -0.410. The predicted molar refractivity (Wildman–Crippen MR) is 125 cm³/mol. The van der Waals surface area contributed by atoms with E-state index in [0.717, 1.165) is 11.1 Å². The van der Waals surface area contributed by atoms with Crippen molar-refractivity contribution in [2.75, 3.05) is 5.75 Å². The number of hydrogen-bond donors (Lipinski definition) is 1. The van der Waals surface area contributed by atoms with E-state index in [0.29, 0.717) is 22.6 Å². The second-order valence-electron chi connectivity index (χ2n) is 7.42. The van der Waals surface area contributed by atoms with E-state index < -0.39 is 0 Å². The number of benzene rings is 3. The lowest BCUT2D eigenvalue weighted by molar-refractivity contribution is -0.119. The van der Waals surface area contributed by atoms with Crippen LogP contribution in [-0.4, -0.2) is 21.2 Å². The summed E-state index contributed by atoms with van der Waals surface area (Å²) in [5.41, 5.74) is 2.25. The van der Waals surface area contributed by atoms with Crippen molar-refractivity contribution in [3.8, 4) is 0 Å². The second-order valence-corrected chi connectivity index (χ2v) is 8.36. The molecule has 4 aromatic rings. The number of nitrogens with zero attached hydrogens (tertiary/aromatic N) is 2. The molecule has 32 heavy (non-hydrogen) atoms. The Kier molecular flexibility index (Phi) is 6.66. The van der Waals surface area contributed by atoms with Crippen LogP contribution in [0.4, 0.5) is 4.39 Å². The summed E-state index contributed by atoms with van der Waals surface area (Å²) >= 11 is 1.22. The Morgan fingerprint density at radius 2 is 1.72 bits per heavy atom. The number of aromatic nitrogens is 2. The predicted octanol–water partition coefficient (Wildman–Crippen LogP) is 4.55. The van der Waals surface area contributed by atoms with Crippen LogP contribution in [0.3, 0.4) is 0 Å². The summed E-state index contributed by atoms with van der Waals surface area (Å²) in [4.78, 5) is 30.4. The lowest BCUT2D eigenvalue weighted by Crippen LogP contribution is -2.29. The fourth-order valence-electron chi connectivity index (χ4n) is 3.41. The van der Waals surface area contributed by atoms with E-state index in [4.69, 9.17) is 0 Å². The number of fused-ring (bicyclic) bond motifs is 1. The number of rotatable bonds is 7. The molecule has 1 heterocycles. The Morgan fingerprint density at radius 1 is 1.03 bits per heavy atom. The van der Waals surface area contributed by atoms with E-state index in [-0.39, 0.29) is 29.1 Å². The number of para-hydroxylation sites is 1. The van der Waals surface area contributed by atoms with Gasteiger partial charge in [-0.3, -0.25) is 14.2 Å². The molecule has 3 aromatic carbocycles. The molecule has 7 heteroatoms. The minimum atomic E-state index is -0.318. The van der Waals surface area contributed by atoms with Crippen molar-refractivity contribution in [3.05, 3.63) is 106 Å². The van der Waals surface area contributed by atoms with Gasteiger partial charge in [0, 0.05) is 0 Å². The molecule has 5 nitrogen and oxygen atoms in total. The van der Waals surface area contributed by atoms with Crippen LogP contribution >= 0.6 is 11.8 Å². The van der Waals surface area contributed by atoms with Crippen LogP contribution < -0.4 is 10.9 Å². The van der Waals surface area contributed by atoms with Gasteiger partial charge in [0.2, 0.25) is 5.91 Å². The molecule has 0 aliphatic heterocycles. The van der Waals surface area contributed by atoms with Gasteiger partial charge in [-0.05, 0) is 42.3 Å². The Hall–Kier alpha value is -3.45. The minimum Gasteiger partial charge on any atom is -0.349 e. The third-order valence-electron chi connectivity index (χ3n) is 5.09. The van der Waals surface area contributed by atoms with E-state index in [1.165, 1.54) is 23.9 Å². The first-order valence-electron chi connectivity index (χ1n) is 10.2. The van der Waals surface area contributed by atoms with Crippen LogP contribution in [0, 0.1) is 5.82 Å². The number of hydrogen-bond acceptors (Lipinski definition) is 4. The molecule has 4 rings (SSSR count). The molecule has 1 atom stereocenters. The van der Waals surface area contributed by atoms with Gasteiger partial charge in [0.25, 0.3) is 5.56 Å². The maximum absolute atomic E-state index is 13.2. The van der Waals surface area contributed by atoms with Crippen molar-refractivity contribution < 1.29 is 9.18 Å². The maximum atomic E-state index is 13.2. The summed E-state index contributed by atoms with van der Waals surface area (Å²) in [6.45, 7) is 2.21. The van der Waals surface area contributed by atoms with Gasteiger partial charge in [-0.25, -0.2) is 9.37 Å². The van der Waals surface area contributed by atoms with Crippen LogP contribution in [-0.2, 0) is 11.3 Å². The van der Waals surface area contributed by atoms with E-state index in [9.17, 15) is 14.0 Å². The van der Waals surface area contributed by atoms with E-state index in [1.807, 2.05) is 49.4 Å². The SMILES string of the molecule is CC(NC(=O)CSc1nc2ccccc2c(=O)n1Cc1ccccc1)c1ccc(F)cc1. The van der Waals surface area contributed by atoms with Crippen LogP contribution in [0.25, 0.3) is 10.9 Å². The molecule has 1 amide bonds. The van der Waals surface area contributed by atoms with Crippen molar-refractivity contribution in [2.24, 2.45) is 0 Å². The highest BCUT2D eigenvalue weighted by molar-refractivity contribution is 7.99. The van der Waals surface area contributed by atoms with E-state index in [1.54, 1.807) is 28.8 Å². The van der Waals surface area contributed by atoms with Gasteiger partial charge < -0.3 is 5.32 Å². The van der Waals surface area contributed by atoms with Gasteiger partial charge in [0.1, 0.15) is 5.82 Å². The lowest BCUT2D eigenvalue weighted by Gasteiger charge is -2.16. The molecule has 0 saturated heterocycles. The number of carbonyl (C=O) groups excluding carboxylic acids is 1. The first-order chi connectivity index (χ1) is 15.5. The number of thioether (sulfide) groups is 1. The minimum absolute atomic E-state index is 0.102. The van der Waals surface area contributed by atoms with Crippen molar-refractivity contribution in [1.82, 2.24) is 14.9 Å². The fourth-order valence-corrected chi connectivity index (χ4v) is 4.22. The number of nitrogens with one attached hydrogen (secondary N) is 1. The highest BCUT2D eigenvalue weighted by atomic mass is 32.2. The summed E-state index contributed by atoms with van der Waals surface area (Å²) in [5, 5.41) is 3.94. The molecular weight excluding hydrogens is 425 g/mol. The van der Waals surface area contributed by atoms with Gasteiger partial charge in [-0.1, -0.05) is 66.4 Å². The van der Waals surface area contributed by atoms with E-state index in [2.05, 4.69) is 10.3 Å². The number of amides is 1. The third-order valence-corrected chi connectivity index (χ3v) is 6.07. The molecule has 1 unspecified atom stereocenters. The Morgan fingerprint density at radius 3 is 2.47 bits per heavy atom. The van der Waals surface area contributed by atoms with Crippen molar-refractivity contribution in [1.29, 1.82) is 0 Å². The third kappa shape index (κ3) is 5.06. The molecule has 0 bridgehead atoms. The van der Waals surface area contributed by atoms with Crippen molar-refractivity contribution in [2.45, 2.75) is 24.7 Å². The average molecular weight is 448 g/mol. The highest BCUT2D eigenvalue weighted by Crippen LogP contribution is 2.20. The summed E-state index contributed by atoms with van der Waals surface area (Å²) in [6, 6.07) is 22.7. The van der Waals surface area contributed by atoms with E-state index >= 15 is 0 Å². The molecule has 0 aliphatic carbocycles. The number of carbonyl (C=O) groups is 1. The van der Waals surface area contributed by atoms with Crippen LogP contribution in [0.5, 0.6) is 0 Å². The quantitative estimate of drug-likeness (QED) is 0.333. The van der Waals surface area contributed by atoms with Crippen molar-refractivity contribution in [3.63, 3.8) is 0 Å². The van der Waals surface area contributed by atoms with Crippen molar-refractivity contribution >= 4 is 28.6 Å². The fraction of sp³-hybridized carbons (Fsp3) is 0.160. The zero-order valence-electron chi connectivity index (χ0n) is 17.5. The largest absolute Gasteiger partial charge is 0.349 e. The normalized spacial score (nSPS) is 11.9. The van der Waals surface area contributed by atoms with Gasteiger partial charge in [0.15, 0.2) is 5.16 Å². The molecule has 0 radical (unpaired) electrons. The molecule has 0 fully saturated rings. The first kappa shape index (κ1) is 21.8. The molecule has 1 aromatic heterocycles. The average Bonchev–Trinajstić information content (AvgIpc) is 2.81. The zero-order chi connectivity index (χ0) is 22.5. The Balaban J connectivity index is 1.54. The Bertz CT molecular complexity index is 1290. The summed E-state index contributed by atoms with van der Waals surface area (Å²) in [6.07, 6.45) is 0. The second kappa shape index (κ2) is 9.78. The lowest BCUT2D eigenvalue weighted by atomic mass is 10.1. The monoisotopic (exact) mass is 447 g/mol. The first-order valence-corrected chi connectivity index (χ1v) is 11.2. The Labute approximate surface area is 189 Å². The maximum Gasteiger partial charge on any atom is 0.262 e. The van der Waals surface area contributed by atoms with Gasteiger partial charge >= 0.3 is 0 Å². The standard InChI is InChI=1S/C25H22FN3O2S/c1-17(19-11-13-20(26)14-12-19)27-23(30)16-32-25-28-22-10-6-5-9-21(22)24(31)29(25)15-18-7-3-2-4-8-18/h2-14,17H,15-16H2,1H3,(H,27,30). The number of halogens is 1. The topological polar surface area (TPSA) is 64.0 Å². The molecule has 0 saturated carbocycles. The smallest absolute Gasteiger partial charge is 0.262 e. The summed E-state index contributed by atoms with van der Waals surface area (Å²) < 4.78 is 14.7.